The van der Waals surface area contributed by atoms with Crippen molar-refractivity contribution in [1.82, 2.24) is 25.4 Å². The Morgan fingerprint density at radius 3 is 2.81 bits per heavy atom. The molecule has 0 radical (unpaired) electrons. The highest BCUT2D eigenvalue weighted by molar-refractivity contribution is 14.0. The quantitative estimate of drug-likeness (QED) is 0.205. The number of amides is 1. The van der Waals surface area contributed by atoms with Crippen molar-refractivity contribution in [1.29, 1.82) is 0 Å². The first kappa shape index (κ1) is 25.8. The molecule has 9 nitrogen and oxygen atoms in total. The van der Waals surface area contributed by atoms with Gasteiger partial charge in [0.15, 0.2) is 29.2 Å². The average Bonchev–Trinajstić information content (AvgIpc) is 3.14. The minimum Gasteiger partial charge on any atom is -0.377 e. The lowest BCUT2D eigenvalue weighted by Crippen LogP contribution is -2.47. The number of guanidine groups is 1. The molecule has 0 saturated heterocycles. The summed E-state index contributed by atoms with van der Waals surface area (Å²) >= 11 is 0. The molecule has 1 amide bonds. The van der Waals surface area contributed by atoms with Crippen molar-refractivity contribution in [2.45, 2.75) is 39.0 Å². The number of benzene rings is 1. The van der Waals surface area contributed by atoms with E-state index in [1.54, 1.807) is 7.11 Å². The zero-order valence-corrected chi connectivity index (χ0v) is 20.0. The summed E-state index contributed by atoms with van der Waals surface area (Å²) in [5.74, 6) is -3.19. The fraction of sp³-hybridized carbons (Fsp3) is 0.474. The first-order chi connectivity index (χ1) is 14.9. The number of anilines is 1. The molecule has 1 unspecified atom stereocenters. The van der Waals surface area contributed by atoms with Crippen LogP contribution >= 0.6 is 24.0 Å². The Morgan fingerprint density at radius 2 is 2.09 bits per heavy atom. The van der Waals surface area contributed by atoms with Crippen LogP contribution < -0.4 is 16.0 Å². The molecular weight excluding hydrogens is 542 g/mol. The highest BCUT2D eigenvalue weighted by Crippen LogP contribution is 2.19. The minimum absolute atomic E-state index is 0. The van der Waals surface area contributed by atoms with Gasteiger partial charge < -0.3 is 20.7 Å². The Kier molecular flexibility index (Phi) is 9.68. The van der Waals surface area contributed by atoms with Gasteiger partial charge in [-0.05, 0) is 25.5 Å². The molecule has 0 aliphatic carbocycles. The Morgan fingerprint density at radius 1 is 1.31 bits per heavy atom. The molecule has 1 aromatic heterocycles. The third-order valence-corrected chi connectivity index (χ3v) is 4.55. The van der Waals surface area contributed by atoms with Gasteiger partial charge in [-0.1, -0.05) is 0 Å². The number of carbonyl (C=O) groups is 1. The molecule has 3 rings (SSSR count). The van der Waals surface area contributed by atoms with Gasteiger partial charge in [0.2, 0.25) is 5.91 Å². The summed E-state index contributed by atoms with van der Waals surface area (Å²) in [6, 6.07) is 1.70. The summed E-state index contributed by atoms with van der Waals surface area (Å²) in [7, 11) is 1.58. The molecule has 2 aromatic rings. The van der Waals surface area contributed by atoms with E-state index in [1.807, 2.05) is 11.6 Å². The monoisotopic (exact) mass is 567 g/mol. The van der Waals surface area contributed by atoms with Crippen LogP contribution in [0.4, 0.5) is 18.9 Å². The smallest absolute Gasteiger partial charge is 0.246 e. The summed E-state index contributed by atoms with van der Waals surface area (Å²) < 4.78 is 46.9. The van der Waals surface area contributed by atoms with Gasteiger partial charge >= 0.3 is 0 Å². The molecule has 0 fully saturated rings. The second-order valence-electron chi connectivity index (χ2n) is 6.91. The molecule has 1 aliphatic rings. The van der Waals surface area contributed by atoms with Gasteiger partial charge in [0.1, 0.15) is 19.0 Å². The highest BCUT2D eigenvalue weighted by Gasteiger charge is 2.22. The number of hydrogen-bond acceptors (Lipinski definition) is 5. The summed E-state index contributed by atoms with van der Waals surface area (Å²) in [5, 5.41) is 12.9. The zero-order chi connectivity index (χ0) is 22.4. The second kappa shape index (κ2) is 12.0. The van der Waals surface area contributed by atoms with Crippen LogP contribution in [0.15, 0.2) is 17.1 Å². The number of hydrogen-bond donors (Lipinski definition) is 3. The van der Waals surface area contributed by atoms with Gasteiger partial charge in [-0.15, -0.1) is 24.0 Å². The number of aliphatic imine (C=N–C) groups is 1. The lowest BCUT2D eigenvalue weighted by Gasteiger charge is -2.25. The van der Waals surface area contributed by atoms with Crippen LogP contribution in [0, 0.1) is 17.5 Å². The first-order valence-corrected chi connectivity index (χ1v) is 9.81. The second-order valence-corrected chi connectivity index (χ2v) is 6.91. The number of aromatic nitrogens is 3. The van der Waals surface area contributed by atoms with Crippen LogP contribution in [-0.2, 0) is 29.1 Å². The van der Waals surface area contributed by atoms with Crippen molar-refractivity contribution in [3.63, 3.8) is 0 Å². The van der Waals surface area contributed by atoms with Gasteiger partial charge in [0.05, 0.1) is 12.2 Å². The minimum atomic E-state index is -1.64. The Labute approximate surface area is 200 Å². The molecule has 176 valence electrons. The van der Waals surface area contributed by atoms with Crippen molar-refractivity contribution in [3.8, 4) is 0 Å². The number of aryl methyl sites for hydroxylation is 1. The van der Waals surface area contributed by atoms with Gasteiger partial charge in [-0.25, -0.2) is 27.8 Å². The molecule has 2 heterocycles. The fourth-order valence-corrected chi connectivity index (χ4v) is 3.15. The molecule has 0 bridgehead atoms. The number of halogens is 4. The van der Waals surface area contributed by atoms with Crippen LogP contribution in [0.5, 0.6) is 0 Å². The predicted molar refractivity (Wildman–Crippen MR) is 122 cm³/mol. The largest absolute Gasteiger partial charge is 0.377 e. The topological polar surface area (TPSA) is 105 Å². The van der Waals surface area contributed by atoms with E-state index in [1.165, 1.54) is 0 Å². The molecule has 0 saturated carbocycles. The van der Waals surface area contributed by atoms with E-state index < -0.39 is 29.0 Å². The Balaban J connectivity index is 0.00000363. The van der Waals surface area contributed by atoms with Crippen LogP contribution in [0.3, 0.4) is 0 Å². The number of rotatable bonds is 7. The maximum Gasteiger partial charge on any atom is 0.246 e. The molecule has 32 heavy (non-hydrogen) atoms. The number of fused-ring (bicyclic) bond motifs is 1. The molecule has 0 spiro atoms. The summed E-state index contributed by atoms with van der Waals surface area (Å²) in [6.45, 7) is 3.01. The summed E-state index contributed by atoms with van der Waals surface area (Å²) in [4.78, 5) is 20.7. The molecule has 1 aromatic carbocycles. The van der Waals surface area contributed by atoms with Crippen LogP contribution in [0.25, 0.3) is 0 Å². The molecule has 1 atom stereocenters. The van der Waals surface area contributed by atoms with Gasteiger partial charge in [0, 0.05) is 26.1 Å². The highest BCUT2D eigenvalue weighted by atomic mass is 127. The van der Waals surface area contributed by atoms with E-state index >= 15 is 0 Å². The lowest BCUT2D eigenvalue weighted by molar-refractivity contribution is -0.114. The molecule has 13 heteroatoms. The van der Waals surface area contributed by atoms with E-state index in [-0.39, 0.29) is 36.6 Å². The van der Waals surface area contributed by atoms with Gasteiger partial charge in [-0.2, -0.15) is 5.10 Å². The van der Waals surface area contributed by atoms with Crippen molar-refractivity contribution in [2.24, 2.45) is 4.99 Å². The average molecular weight is 567 g/mol. The lowest BCUT2D eigenvalue weighted by atomic mass is 10.1. The van der Waals surface area contributed by atoms with E-state index in [9.17, 15) is 18.0 Å². The maximum atomic E-state index is 13.7. The van der Waals surface area contributed by atoms with Gasteiger partial charge in [-0.3, -0.25) is 4.79 Å². The fourth-order valence-electron chi connectivity index (χ4n) is 3.15. The van der Waals surface area contributed by atoms with E-state index in [4.69, 9.17) is 4.74 Å². The standard InChI is InChI=1S/C19H24F3N7O2.HI/c1-3-23-19(24-8-16(30)26-13-6-5-12(20)17(21)18(13)22)25-11-4-7-15-27-14(10-31-2)28-29(15)9-11;/h5-6,11H,3-4,7-10H2,1-2H3,(H,26,30)(H2,23,24,25);1H. The number of methoxy groups -OCH3 is 1. The maximum absolute atomic E-state index is 13.7. The molecule has 3 N–H and O–H groups in total. The predicted octanol–water partition coefficient (Wildman–Crippen LogP) is 1.97. The van der Waals surface area contributed by atoms with Gasteiger partial charge in [0.25, 0.3) is 0 Å². The van der Waals surface area contributed by atoms with E-state index in [0.717, 1.165) is 30.8 Å². The van der Waals surface area contributed by atoms with Crippen molar-refractivity contribution >= 4 is 41.5 Å². The number of nitrogens with one attached hydrogen (secondary N) is 3. The van der Waals surface area contributed by atoms with E-state index in [2.05, 4.69) is 31.0 Å². The summed E-state index contributed by atoms with van der Waals surface area (Å²) in [6.07, 6.45) is 1.52. The third kappa shape index (κ3) is 6.54. The normalized spacial score (nSPS) is 15.5. The van der Waals surface area contributed by atoms with E-state index in [0.29, 0.717) is 31.5 Å². The van der Waals surface area contributed by atoms with Crippen molar-refractivity contribution < 1.29 is 22.7 Å². The molecule has 1 aliphatic heterocycles. The SMILES string of the molecule is CCNC(=NCC(=O)Nc1ccc(F)c(F)c1F)NC1CCc2nc(COC)nn2C1.I. The number of nitrogens with zero attached hydrogens (tertiary/aromatic N) is 4. The number of carbonyl (C=O) groups excluding carboxylic acids is 1. The third-order valence-electron chi connectivity index (χ3n) is 4.55. The van der Waals surface area contributed by atoms with Crippen LogP contribution in [0.1, 0.15) is 25.0 Å². The Hall–Kier alpha value is -2.42. The number of ether oxygens (including phenoxy) is 1. The van der Waals surface area contributed by atoms with Crippen LogP contribution in [-0.4, -0.2) is 52.9 Å². The first-order valence-electron chi connectivity index (χ1n) is 9.81. The summed E-state index contributed by atoms with van der Waals surface area (Å²) in [5.41, 5.74) is -0.449. The van der Waals surface area contributed by atoms with Crippen LogP contribution in [0.2, 0.25) is 0 Å². The molecular formula is C19H25F3IN7O2. The zero-order valence-electron chi connectivity index (χ0n) is 17.6. The van der Waals surface area contributed by atoms with Crippen molar-refractivity contribution in [2.75, 3.05) is 25.5 Å². The van der Waals surface area contributed by atoms with Crippen molar-refractivity contribution in [3.05, 3.63) is 41.2 Å². The Bertz CT molecular complexity index is 971.